The summed E-state index contributed by atoms with van der Waals surface area (Å²) in [5, 5.41) is 3.05. The highest BCUT2D eigenvalue weighted by molar-refractivity contribution is 5.34. The number of nitrogens with zero attached hydrogens (tertiary/aromatic N) is 3. The molecule has 0 spiro atoms. The molecule has 4 heteroatoms. The third-order valence-electron chi connectivity index (χ3n) is 3.96. The Bertz CT molecular complexity index is 376. The molecule has 1 aromatic heterocycles. The summed E-state index contributed by atoms with van der Waals surface area (Å²) in [5.74, 6) is 0.930. The van der Waals surface area contributed by atoms with Crippen molar-refractivity contribution in [2.75, 3.05) is 39.0 Å². The molecule has 0 bridgehead atoms. The van der Waals surface area contributed by atoms with Gasteiger partial charge in [0.15, 0.2) is 0 Å². The fourth-order valence-corrected chi connectivity index (χ4v) is 2.92. The van der Waals surface area contributed by atoms with Crippen LogP contribution >= 0.6 is 0 Å². The summed E-state index contributed by atoms with van der Waals surface area (Å²) in [4.78, 5) is 9.37. The molecule has 1 aliphatic rings. The van der Waals surface area contributed by atoms with Crippen molar-refractivity contribution in [3.05, 3.63) is 23.9 Å². The van der Waals surface area contributed by atoms with Crippen LogP contribution in [-0.4, -0.2) is 54.6 Å². The Balaban J connectivity index is 1.84. The number of hydrogen-bond acceptors (Lipinski definition) is 4. The van der Waals surface area contributed by atoms with Crippen LogP contribution in [0.15, 0.2) is 18.3 Å². The van der Waals surface area contributed by atoms with Gasteiger partial charge in [-0.25, -0.2) is 4.98 Å². The first-order valence-electron chi connectivity index (χ1n) is 7.28. The quantitative estimate of drug-likeness (QED) is 0.850. The third-order valence-corrected chi connectivity index (χ3v) is 3.96. The van der Waals surface area contributed by atoms with Gasteiger partial charge in [-0.05, 0) is 44.6 Å². The Morgan fingerprint density at radius 2 is 2.32 bits per heavy atom. The molecule has 1 saturated heterocycles. The van der Waals surface area contributed by atoms with Crippen LogP contribution in [0.25, 0.3) is 0 Å². The minimum Gasteiger partial charge on any atom is -0.373 e. The lowest BCUT2D eigenvalue weighted by atomic mass is 10.2. The van der Waals surface area contributed by atoms with Gasteiger partial charge >= 0.3 is 0 Å². The van der Waals surface area contributed by atoms with Crippen LogP contribution < -0.4 is 5.32 Å². The zero-order valence-corrected chi connectivity index (χ0v) is 12.4. The number of nitrogens with one attached hydrogen (secondary N) is 1. The first-order chi connectivity index (χ1) is 9.22. The molecule has 0 aromatic carbocycles. The largest absolute Gasteiger partial charge is 0.373 e. The van der Waals surface area contributed by atoms with Crippen LogP contribution in [0.5, 0.6) is 0 Å². The molecule has 1 unspecified atom stereocenters. The van der Waals surface area contributed by atoms with Crippen LogP contribution in [-0.2, 0) is 6.54 Å². The number of anilines is 1. The molecule has 19 heavy (non-hydrogen) atoms. The van der Waals surface area contributed by atoms with Gasteiger partial charge in [0.25, 0.3) is 0 Å². The highest BCUT2D eigenvalue weighted by Gasteiger charge is 2.23. The van der Waals surface area contributed by atoms with Gasteiger partial charge < -0.3 is 10.2 Å². The first kappa shape index (κ1) is 14.3. The number of hydrogen-bond donors (Lipinski definition) is 1. The van der Waals surface area contributed by atoms with Crippen molar-refractivity contribution in [2.24, 2.45) is 0 Å². The average molecular weight is 262 g/mol. The number of likely N-dealkylation sites (N-methyl/N-ethyl adjacent to an activating group) is 2. The molecule has 4 nitrogen and oxygen atoms in total. The molecule has 2 heterocycles. The Kier molecular flexibility index (Phi) is 5.16. The van der Waals surface area contributed by atoms with E-state index in [2.05, 4.69) is 40.1 Å². The predicted molar refractivity (Wildman–Crippen MR) is 80.4 cm³/mol. The van der Waals surface area contributed by atoms with Gasteiger partial charge in [-0.15, -0.1) is 0 Å². The number of aromatic nitrogens is 1. The van der Waals surface area contributed by atoms with E-state index in [1.54, 1.807) is 0 Å². The van der Waals surface area contributed by atoms with Crippen LogP contribution in [0, 0.1) is 0 Å². The first-order valence-corrected chi connectivity index (χ1v) is 7.28. The van der Waals surface area contributed by atoms with Crippen LogP contribution in [0.2, 0.25) is 0 Å². The van der Waals surface area contributed by atoms with E-state index in [1.807, 2.05) is 19.3 Å². The fraction of sp³-hybridized carbons (Fsp3) is 0.667. The smallest absolute Gasteiger partial charge is 0.125 e. The van der Waals surface area contributed by atoms with Crippen molar-refractivity contribution in [3.8, 4) is 0 Å². The topological polar surface area (TPSA) is 31.4 Å². The zero-order valence-electron chi connectivity index (χ0n) is 12.4. The van der Waals surface area contributed by atoms with Crippen LogP contribution in [0.4, 0.5) is 5.82 Å². The normalized spacial score (nSPS) is 20.1. The Hall–Kier alpha value is -1.13. The lowest BCUT2D eigenvalue weighted by Gasteiger charge is -2.27. The Morgan fingerprint density at radius 3 is 2.95 bits per heavy atom. The van der Waals surface area contributed by atoms with E-state index in [0.29, 0.717) is 0 Å². The van der Waals surface area contributed by atoms with Gasteiger partial charge in [0.1, 0.15) is 5.82 Å². The average Bonchev–Trinajstić information content (AvgIpc) is 2.86. The minimum atomic E-state index is 0.736. The summed E-state index contributed by atoms with van der Waals surface area (Å²) in [6.07, 6.45) is 4.66. The molecule has 1 aliphatic heterocycles. The lowest BCUT2D eigenvalue weighted by molar-refractivity contribution is 0.194. The van der Waals surface area contributed by atoms with E-state index >= 15 is 0 Å². The molecular weight excluding hydrogens is 236 g/mol. The van der Waals surface area contributed by atoms with E-state index < -0.39 is 0 Å². The van der Waals surface area contributed by atoms with Crippen molar-refractivity contribution in [2.45, 2.75) is 32.4 Å². The fourth-order valence-electron chi connectivity index (χ4n) is 2.92. The van der Waals surface area contributed by atoms with Crippen molar-refractivity contribution >= 4 is 5.82 Å². The lowest BCUT2D eigenvalue weighted by Crippen LogP contribution is -2.38. The molecular formula is C15H26N4. The second-order valence-electron chi connectivity index (χ2n) is 5.42. The maximum absolute atomic E-state index is 4.36. The van der Waals surface area contributed by atoms with Gasteiger partial charge in [0.05, 0.1) is 0 Å². The molecule has 1 fully saturated rings. The second kappa shape index (κ2) is 6.87. The van der Waals surface area contributed by atoms with E-state index in [9.17, 15) is 0 Å². The maximum atomic E-state index is 4.36. The molecule has 2 rings (SSSR count). The van der Waals surface area contributed by atoms with E-state index in [4.69, 9.17) is 0 Å². The molecule has 0 radical (unpaired) electrons. The molecule has 1 atom stereocenters. The number of likely N-dealkylation sites (tertiary alicyclic amines) is 1. The molecule has 0 amide bonds. The molecule has 0 saturated carbocycles. The van der Waals surface area contributed by atoms with E-state index in [-0.39, 0.29) is 0 Å². The van der Waals surface area contributed by atoms with Crippen molar-refractivity contribution < 1.29 is 0 Å². The van der Waals surface area contributed by atoms with Crippen molar-refractivity contribution in [1.82, 2.24) is 14.8 Å². The summed E-state index contributed by atoms with van der Waals surface area (Å²) < 4.78 is 0. The summed E-state index contributed by atoms with van der Waals surface area (Å²) >= 11 is 0. The van der Waals surface area contributed by atoms with E-state index in [0.717, 1.165) is 24.9 Å². The van der Waals surface area contributed by atoms with Gasteiger partial charge in [-0.1, -0.05) is 13.0 Å². The Morgan fingerprint density at radius 1 is 1.47 bits per heavy atom. The summed E-state index contributed by atoms with van der Waals surface area (Å²) in [7, 11) is 4.10. The summed E-state index contributed by atoms with van der Waals surface area (Å²) in [6, 6.07) is 4.93. The molecule has 1 N–H and O–H groups in total. The third kappa shape index (κ3) is 3.91. The molecule has 106 valence electrons. The van der Waals surface area contributed by atoms with Gasteiger partial charge in [-0.3, -0.25) is 4.90 Å². The van der Waals surface area contributed by atoms with Gasteiger partial charge in [0.2, 0.25) is 0 Å². The highest BCUT2D eigenvalue weighted by atomic mass is 15.2. The van der Waals surface area contributed by atoms with Crippen molar-refractivity contribution in [3.63, 3.8) is 0 Å². The monoisotopic (exact) mass is 262 g/mol. The van der Waals surface area contributed by atoms with E-state index in [1.165, 1.54) is 31.5 Å². The zero-order chi connectivity index (χ0) is 13.7. The van der Waals surface area contributed by atoms with Crippen molar-refractivity contribution in [1.29, 1.82) is 0 Å². The van der Waals surface area contributed by atoms with Gasteiger partial charge in [0, 0.05) is 32.4 Å². The maximum Gasteiger partial charge on any atom is 0.125 e. The highest BCUT2D eigenvalue weighted by Crippen LogP contribution is 2.18. The standard InChI is InChI=1S/C15H26N4/c1-4-19-9-5-6-14(19)12-18(3)11-13-7-8-15(16-2)17-10-13/h7-8,10,14H,4-6,9,11-12H2,1-3H3,(H,16,17). The second-order valence-corrected chi connectivity index (χ2v) is 5.42. The number of pyridine rings is 1. The van der Waals surface area contributed by atoms with Crippen LogP contribution in [0.3, 0.4) is 0 Å². The SMILES string of the molecule is CCN1CCCC1CN(C)Cc1ccc(NC)nc1. The number of rotatable bonds is 6. The summed E-state index contributed by atoms with van der Waals surface area (Å²) in [5.41, 5.74) is 1.28. The minimum absolute atomic E-state index is 0.736. The molecule has 0 aliphatic carbocycles. The Labute approximate surface area is 116 Å². The predicted octanol–water partition coefficient (Wildman–Crippen LogP) is 2.04. The van der Waals surface area contributed by atoms with Crippen LogP contribution in [0.1, 0.15) is 25.3 Å². The summed E-state index contributed by atoms with van der Waals surface area (Å²) in [6.45, 7) is 6.84. The van der Waals surface area contributed by atoms with Gasteiger partial charge in [-0.2, -0.15) is 0 Å². The molecule has 1 aromatic rings.